The Kier molecular flexibility index (Phi) is 5.15. The van der Waals surface area contributed by atoms with Crippen molar-refractivity contribution in [3.63, 3.8) is 0 Å². The average Bonchev–Trinajstić information content (AvgIpc) is 3.16. The van der Waals surface area contributed by atoms with E-state index in [0.29, 0.717) is 22.1 Å². The van der Waals surface area contributed by atoms with Crippen molar-refractivity contribution in [1.82, 2.24) is 24.8 Å². The Balaban J connectivity index is 1.60. The summed E-state index contributed by atoms with van der Waals surface area (Å²) in [6.07, 6.45) is 1.32. The summed E-state index contributed by atoms with van der Waals surface area (Å²) >= 11 is 5.96. The van der Waals surface area contributed by atoms with Gasteiger partial charge in [-0.25, -0.2) is 13.8 Å². The first kappa shape index (κ1) is 19.5. The van der Waals surface area contributed by atoms with E-state index in [2.05, 4.69) is 20.7 Å². The van der Waals surface area contributed by atoms with Crippen LogP contribution in [0.15, 0.2) is 53.5 Å². The van der Waals surface area contributed by atoms with Gasteiger partial charge in [0, 0.05) is 5.02 Å². The third kappa shape index (κ3) is 3.72. The minimum absolute atomic E-state index is 0.169. The molecule has 0 aliphatic carbocycles. The third-order valence-electron chi connectivity index (χ3n) is 4.26. The van der Waals surface area contributed by atoms with E-state index in [0.717, 1.165) is 4.68 Å². The number of rotatable bonds is 5. The van der Waals surface area contributed by atoms with Gasteiger partial charge >= 0.3 is 0 Å². The Bertz CT molecular complexity index is 1300. The van der Waals surface area contributed by atoms with Gasteiger partial charge in [-0.1, -0.05) is 16.8 Å². The Hall–Kier alpha value is -3.79. The van der Waals surface area contributed by atoms with Gasteiger partial charge in [-0.05, 0) is 42.5 Å². The predicted octanol–water partition coefficient (Wildman–Crippen LogP) is 2.42. The van der Waals surface area contributed by atoms with Crippen molar-refractivity contribution >= 4 is 34.2 Å². The number of benzene rings is 2. The molecule has 4 aromatic rings. The molecule has 4 rings (SSSR count). The zero-order chi connectivity index (χ0) is 21.3. The molecule has 0 aliphatic heterocycles. The van der Waals surface area contributed by atoms with Crippen LogP contribution in [0.2, 0.25) is 5.02 Å². The van der Waals surface area contributed by atoms with Gasteiger partial charge in [-0.15, -0.1) is 5.10 Å². The highest BCUT2D eigenvalue weighted by molar-refractivity contribution is 6.31. The van der Waals surface area contributed by atoms with Crippen molar-refractivity contribution in [3.8, 4) is 11.4 Å². The number of aromatic nitrogens is 5. The fourth-order valence-electron chi connectivity index (χ4n) is 2.84. The number of anilines is 1. The molecule has 11 heteroatoms. The average molecular weight is 429 g/mol. The lowest BCUT2D eigenvalue weighted by atomic mass is 10.3. The summed E-state index contributed by atoms with van der Waals surface area (Å²) < 4.78 is 20.6. The minimum atomic E-state index is -0.540. The molecule has 0 fully saturated rings. The maximum atomic E-state index is 13.1. The summed E-state index contributed by atoms with van der Waals surface area (Å²) in [4.78, 5) is 25.1. The minimum Gasteiger partial charge on any atom is -0.495 e. The molecule has 9 nitrogen and oxygen atoms in total. The molecule has 152 valence electrons. The van der Waals surface area contributed by atoms with Crippen LogP contribution in [0, 0.1) is 5.82 Å². The molecule has 0 radical (unpaired) electrons. The topological polar surface area (TPSA) is 104 Å². The van der Waals surface area contributed by atoms with Gasteiger partial charge in [0.15, 0.2) is 5.65 Å². The van der Waals surface area contributed by atoms with Gasteiger partial charge < -0.3 is 10.1 Å². The first-order chi connectivity index (χ1) is 14.5. The van der Waals surface area contributed by atoms with Gasteiger partial charge in [-0.3, -0.25) is 9.59 Å². The number of nitrogens with zero attached hydrogens (tertiary/aromatic N) is 5. The zero-order valence-electron chi connectivity index (χ0n) is 15.5. The third-order valence-corrected chi connectivity index (χ3v) is 4.49. The maximum absolute atomic E-state index is 13.1. The fraction of sp³-hybridized carbons (Fsp3) is 0.105. The van der Waals surface area contributed by atoms with Crippen molar-refractivity contribution in [2.24, 2.45) is 0 Å². The Labute approximate surface area is 173 Å². The van der Waals surface area contributed by atoms with Crippen molar-refractivity contribution in [2.75, 3.05) is 12.4 Å². The summed E-state index contributed by atoms with van der Waals surface area (Å²) in [6.45, 7) is -0.376. The van der Waals surface area contributed by atoms with Gasteiger partial charge in [0.2, 0.25) is 5.91 Å². The highest BCUT2D eigenvalue weighted by Crippen LogP contribution is 2.27. The number of methoxy groups -OCH3 is 1. The number of halogens is 2. The fourth-order valence-corrected chi connectivity index (χ4v) is 3.02. The van der Waals surface area contributed by atoms with Gasteiger partial charge in [0.1, 0.15) is 23.5 Å². The van der Waals surface area contributed by atoms with E-state index in [4.69, 9.17) is 16.3 Å². The van der Waals surface area contributed by atoms with E-state index in [1.807, 2.05) is 0 Å². The van der Waals surface area contributed by atoms with Crippen LogP contribution < -0.4 is 15.6 Å². The molecule has 0 aliphatic rings. The van der Waals surface area contributed by atoms with Crippen LogP contribution in [0.3, 0.4) is 0 Å². The van der Waals surface area contributed by atoms with Gasteiger partial charge in [0.05, 0.1) is 24.7 Å². The SMILES string of the molecule is COc1ccc(Cl)cc1NC(=O)Cn1nnc2c(cnn2-c2ccc(F)cc2)c1=O. The maximum Gasteiger partial charge on any atom is 0.281 e. The summed E-state index contributed by atoms with van der Waals surface area (Å²) in [5.41, 5.74) is 0.534. The number of hydrogen-bond acceptors (Lipinski definition) is 6. The second-order valence-corrected chi connectivity index (χ2v) is 6.65. The van der Waals surface area contributed by atoms with Crippen LogP contribution in [0.1, 0.15) is 0 Å². The van der Waals surface area contributed by atoms with E-state index < -0.39 is 17.3 Å². The highest BCUT2D eigenvalue weighted by Gasteiger charge is 2.15. The smallest absolute Gasteiger partial charge is 0.281 e. The number of nitrogens with one attached hydrogen (secondary N) is 1. The van der Waals surface area contributed by atoms with Gasteiger partial charge in [-0.2, -0.15) is 5.10 Å². The number of ether oxygens (including phenoxy) is 1. The van der Waals surface area contributed by atoms with E-state index in [9.17, 15) is 14.0 Å². The van der Waals surface area contributed by atoms with Crippen LogP contribution in [0.5, 0.6) is 5.75 Å². The Morgan fingerprint density at radius 2 is 2.00 bits per heavy atom. The first-order valence-corrected chi connectivity index (χ1v) is 9.05. The van der Waals surface area contributed by atoms with Crippen molar-refractivity contribution in [3.05, 3.63) is 69.9 Å². The molecule has 0 spiro atoms. The molecular formula is C19H14ClFN6O3. The lowest BCUT2D eigenvalue weighted by molar-refractivity contribution is -0.117. The van der Waals surface area contributed by atoms with Crippen LogP contribution in [0.4, 0.5) is 10.1 Å². The van der Waals surface area contributed by atoms with E-state index in [1.54, 1.807) is 12.1 Å². The quantitative estimate of drug-likeness (QED) is 0.523. The number of hydrogen-bond donors (Lipinski definition) is 1. The standard InChI is InChI=1S/C19H14ClFN6O3/c1-30-16-7-2-11(20)8-15(16)23-17(28)10-26-19(29)14-9-22-27(18(14)24-25-26)13-5-3-12(21)4-6-13/h2-9H,10H2,1H3,(H,23,28). The monoisotopic (exact) mass is 428 g/mol. The molecule has 1 N–H and O–H groups in total. The summed E-state index contributed by atoms with van der Waals surface area (Å²) in [6, 6.07) is 10.3. The predicted molar refractivity (Wildman–Crippen MR) is 108 cm³/mol. The number of carbonyl (C=O) groups excluding carboxylic acids is 1. The Morgan fingerprint density at radius 1 is 1.23 bits per heavy atom. The summed E-state index contributed by atoms with van der Waals surface area (Å²) in [5, 5.41) is 15.2. The highest BCUT2D eigenvalue weighted by atomic mass is 35.5. The molecule has 0 saturated carbocycles. The first-order valence-electron chi connectivity index (χ1n) is 8.67. The second-order valence-electron chi connectivity index (χ2n) is 6.22. The number of fused-ring (bicyclic) bond motifs is 1. The van der Waals surface area contributed by atoms with Crippen molar-refractivity contribution in [2.45, 2.75) is 6.54 Å². The lowest BCUT2D eigenvalue weighted by Crippen LogP contribution is -2.30. The molecule has 0 bridgehead atoms. The normalized spacial score (nSPS) is 10.9. The summed E-state index contributed by atoms with van der Waals surface area (Å²) in [7, 11) is 1.46. The van der Waals surface area contributed by atoms with Crippen LogP contribution in [0.25, 0.3) is 16.7 Å². The number of amides is 1. The van der Waals surface area contributed by atoms with E-state index in [1.165, 1.54) is 48.3 Å². The van der Waals surface area contributed by atoms with Crippen LogP contribution in [-0.4, -0.2) is 37.8 Å². The molecule has 0 unspecified atom stereocenters. The lowest BCUT2D eigenvalue weighted by Gasteiger charge is -2.10. The van der Waals surface area contributed by atoms with Crippen molar-refractivity contribution < 1.29 is 13.9 Å². The van der Waals surface area contributed by atoms with Crippen LogP contribution in [-0.2, 0) is 11.3 Å². The van der Waals surface area contributed by atoms with E-state index in [-0.39, 0.29) is 17.6 Å². The largest absolute Gasteiger partial charge is 0.495 e. The molecule has 1 amide bonds. The Morgan fingerprint density at radius 3 is 2.73 bits per heavy atom. The molecule has 2 aromatic heterocycles. The molecule has 2 aromatic carbocycles. The molecule has 30 heavy (non-hydrogen) atoms. The summed E-state index contributed by atoms with van der Waals surface area (Å²) in [5.74, 6) is -0.495. The number of carbonyl (C=O) groups is 1. The van der Waals surface area contributed by atoms with Gasteiger partial charge in [0.25, 0.3) is 5.56 Å². The van der Waals surface area contributed by atoms with E-state index >= 15 is 0 Å². The zero-order valence-corrected chi connectivity index (χ0v) is 16.3. The second kappa shape index (κ2) is 7.91. The molecule has 0 atom stereocenters. The molecule has 2 heterocycles. The molecular weight excluding hydrogens is 415 g/mol. The van der Waals surface area contributed by atoms with Crippen molar-refractivity contribution in [1.29, 1.82) is 0 Å². The van der Waals surface area contributed by atoms with Crippen LogP contribution >= 0.6 is 11.6 Å². The molecule has 0 saturated heterocycles.